The van der Waals surface area contributed by atoms with Gasteiger partial charge in [-0.25, -0.2) is 8.78 Å². The Kier molecular flexibility index (Phi) is 4.65. The van der Waals surface area contributed by atoms with Gasteiger partial charge in [0.25, 0.3) is 5.91 Å². The van der Waals surface area contributed by atoms with Crippen LogP contribution in [0, 0.1) is 18.6 Å². The average molecular weight is 393 g/mol. The number of nitrogens with two attached hydrogens (primary N) is 1. The van der Waals surface area contributed by atoms with Crippen LogP contribution >= 0.6 is 11.6 Å². The number of carbonyl (C=O) groups excluding carboxylic acids is 2. The predicted molar refractivity (Wildman–Crippen MR) is 97.0 cm³/mol. The van der Waals surface area contributed by atoms with Crippen molar-refractivity contribution in [1.82, 2.24) is 4.57 Å². The van der Waals surface area contributed by atoms with E-state index in [-0.39, 0.29) is 16.1 Å². The van der Waals surface area contributed by atoms with Crippen molar-refractivity contribution in [1.29, 1.82) is 0 Å². The van der Waals surface area contributed by atoms with Crippen LogP contribution in [0.2, 0.25) is 5.02 Å². The molecule has 0 aliphatic rings. The number of halogens is 3. The summed E-state index contributed by atoms with van der Waals surface area (Å²) in [6.07, 6.45) is 0. The van der Waals surface area contributed by atoms with Crippen molar-refractivity contribution in [3.05, 3.63) is 63.8 Å². The number of rotatable bonds is 3. The van der Waals surface area contributed by atoms with Gasteiger partial charge in [0.2, 0.25) is 5.91 Å². The van der Waals surface area contributed by atoms with E-state index >= 15 is 0 Å². The lowest BCUT2D eigenvalue weighted by atomic mass is 9.97. The summed E-state index contributed by atoms with van der Waals surface area (Å²) in [5.74, 6) is -4.41. The van der Waals surface area contributed by atoms with Crippen molar-refractivity contribution < 1.29 is 23.5 Å². The Bertz CT molecular complexity index is 1110. The molecule has 0 saturated carbocycles. The molecular formula is C19H15ClF2N2O3. The first-order valence-corrected chi connectivity index (χ1v) is 8.33. The number of phenols is 1. The lowest BCUT2D eigenvalue weighted by Crippen LogP contribution is -2.20. The van der Waals surface area contributed by atoms with E-state index in [0.29, 0.717) is 16.6 Å². The minimum absolute atomic E-state index is 0.0105. The summed E-state index contributed by atoms with van der Waals surface area (Å²) in [5.41, 5.74) is 6.23. The van der Waals surface area contributed by atoms with Crippen LogP contribution in [-0.4, -0.2) is 21.5 Å². The molecule has 140 valence electrons. The molecule has 3 aromatic rings. The van der Waals surface area contributed by atoms with E-state index in [2.05, 4.69) is 0 Å². The molecule has 1 unspecified atom stereocenters. The highest BCUT2D eigenvalue weighted by atomic mass is 35.5. The van der Waals surface area contributed by atoms with Crippen LogP contribution in [0.5, 0.6) is 5.75 Å². The summed E-state index contributed by atoms with van der Waals surface area (Å²) in [6.45, 7) is 3.11. The molecule has 0 fully saturated rings. The average Bonchev–Trinajstić information content (AvgIpc) is 2.87. The van der Waals surface area contributed by atoms with Crippen LogP contribution in [0.3, 0.4) is 0 Å². The molecule has 0 aliphatic heterocycles. The lowest BCUT2D eigenvalue weighted by molar-refractivity contribution is -0.119. The van der Waals surface area contributed by atoms with E-state index in [9.17, 15) is 23.5 Å². The Balaban J connectivity index is 2.33. The second kappa shape index (κ2) is 6.66. The van der Waals surface area contributed by atoms with Gasteiger partial charge in [-0.05, 0) is 43.7 Å². The quantitative estimate of drug-likeness (QED) is 0.709. The van der Waals surface area contributed by atoms with Gasteiger partial charge in [0.1, 0.15) is 5.82 Å². The Morgan fingerprint density at radius 1 is 1.19 bits per heavy atom. The van der Waals surface area contributed by atoms with Crippen molar-refractivity contribution >= 4 is 34.3 Å². The molecule has 1 aromatic heterocycles. The van der Waals surface area contributed by atoms with Gasteiger partial charge in [0.15, 0.2) is 11.6 Å². The Morgan fingerprint density at radius 2 is 1.85 bits per heavy atom. The molecule has 2 aromatic carbocycles. The number of carbonyl (C=O) groups is 2. The third-order valence-corrected chi connectivity index (χ3v) is 4.86. The monoisotopic (exact) mass is 392 g/mol. The number of hydrogen-bond acceptors (Lipinski definition) is 3. The molecule has 8 heteroatoms. The highest BCUT2D eigenvalue weighted by Gasteiger charge is 2.27. The summed E-state index contributed by atoms with van der Waals surface area (Å²) in [7, 11) is 0. The van der Waals surface area contributed by atoms with E-state index in [1.54, 1.807) is 13.8 Å². The number of phenolic OH excluding ortho intramolecular Hbond substituents is 1. The fourth-order valence-electron chi connectivity index (χ4n) is 3.16. The number of fused-ring (bicyclic) bond motifs is 1. The molecule has 1 heterocycles. The fraction of sp³-hybridized carbons (Fsp3) is 0.158. The summed E-state index contributed by atoms with van der Waals surface area (Å²) < 4.78 is 28.9. The molecule has 1 atom stereocenters. The summed E-state index contributed by atoms with van der Waals surface area (Å²) >= 11 is 5.65. The highest BCUT2D eigenvalue weighted by molar-refractivity contribution is 6.30. The normalized spacial score (nSPS) is 12.3. The molecule has 1 amide bonds. The molecule has 0 radical (unpaired) electrons. The van der Waals surface area contributed by atoms with Gasteiger partial charge in [-0.15, -0.1) is 0 Å². The molecule has 0 bridgehead atoms. The lowest BCUT2D eigenvalue weighted by Gasteiger charge is -2.10. The summed E-state index contributed by atoms with van der Waals surface area (Å²) in [5, 5.41) is 9.90. The van der Waals surface area contributed by atoms with Gasteiger partial charge in [-0.3, -0.25) is 14.2 Å². The largest absolute Gasteiger partial charge is 0.505 e. The summed E-state index contributed by atoms with van der Waals surface area (Å²) in [6, 6.07) is 5.68. The fourth-order valence-corrected chi connectivity index (χ4v) is 3.27. The molecule has 5 nitrogen and oxygen atoms in total. The maximum Gasteiger partial charge on any atom is 0.262 e. The first-order valence-electron chi connectivity index (χ1n) is 7.96. The predicted octanol–water partition coefficient (Wildman–Crippen LogP) is 3.86. The smallest absolute Gasteiger partial charge is 0.262 e. The van der Waals surface area contributed by atoms with Crippen LogP contribution in [0.1, 0.15) is 34.5 Å². The minimum atomic E-state index is -0.936. The number of primary amides is 1. The van der Waals surface area contributed by atoms with Crippen molar-refractivity contribution in [2.24, 2.45) is 5.73 Å². The van der Waals surface area contributed by atoms with Gasteiger partial charge in [0.05, 0.1) is 16.5 Å². The number of benzene rings is 2. The SMILES string of the molecule is Cc1c(C(C)C(N)=O)c2cc(O)c(F)cc2n1C(=O)c1ccc(Cl)c(F)c1. The second-order valence-electron chi connectivity index (χ2n) is 6.21. The van der Waals surface area contributed by atoms with Gasteiger partial charge in [-0.1, -0.05) is 11.6 Å². The van der Waals surface area contributed by atoms with Crippen LogP contribution in [0.4, 0.5) is 8.78 Å². The van der Waals surface area contributed by atoms with Crippen molar-refractivity contribution in [2.75, 3.05) is 0 Å². The van der Waals surface area contributed by atoms with Crippen LogP contribution in [0.25, 0.3) is 10.9 Å². The van der Waals surface area contributed by atoms with Crippen LogP contribution in [-0.2, 0) is 4.79 Å². The van der Waals surface area contributed by atoms with Crippen molar-refractivity contribution in [3.8, 4) is 5.75 Å². The second-order valence-corrected chi connectivity index (χ2v) is 6.62. The zero-order valence-corrected chi connectivity index (χ0v) is 15.1. The molecule has 3 N–H and O–H groups in total. The van der Waals surface area contributed by atoms with Crippen molar-refractivity contribution in [2.45, 2.75) is 19.8 Å². The Hall–Kier alpha value is -2.93. The number of amides is 1. The first kappa shape index (κ1) is 18.8. The van der Waals surface area contributed by atoms with Gasteiger partial charge >= 0.3 is 0 Å². The van der Waals surface area contributed by atoms with E-state index in [4.69, 9.17) is 17.3 Å². The Morgan fingerprint density at radius 3 is 2.44 bits per heavy atom. The van der Waals surface area contributed by atoms with E-state index in [1.165, 1.54) is 12.1 Å². The van der Waals surface area contributed by atoms with E-state index in [1.807, 2.05) is 0 Å². The van der Waals surface area contributed by atoms with Crippen molar-refractivity contribution in [3.63, 3.8) is 0 Å². The number of aromatic nitrogens is 1. The molecule has 27 heavy (non-hydrogen) atoms. The third kappa shape index (κ3) is 3.04. The molecule has 0 aliphatic carbocycles. The number of aromatic hydroxyl groups is 1. The van der Waals surface area contributed by atoms with Gasteiger partial charge in [0, 0.05) is 22.7 Å². The summed E-state index contributed by atoms with van der Waals surface area (Å²) in [4.78, 5) is 24.7. The molecule has 3 rings (SSSR count). The zero-order chi connectivity index (χ0) is 20.0. The standard InChI is InChI=1S/C19H15ClF2N2O3/c1-8(18(23)26)17-9(2)24(15-7-14(22)16(25)6-11(15)17)19(27)10-3-4-12(20)13(21)5-10/h3-8,25H,1-2H3,(H2,23,26). The Labute approximate surface area is 158 Å². The van der Waals surface area contributed by atoms with Crippen LogP contribution in [0.15, 0.2) is 30.3 Å². The van der Waals surface area contributed by atoms with E-state index in [0.717, 1.165) is 22.8 Å². The van der Waals surface area contributed by atoms with Gasteiger partial charge < -0.3 is 10.8 Å². The molecular weight excluding hydrogens is 378 g/mol. The van der Waals surface area contributed by atoms with Gasteiger partial charge in [-0.2, -0.15) is 0 Å². The number of hydrogen-bond donors (Lipinski definition) is 2. The molecule has 0 spiro atoms. The van der Waals surface area contributed by atoms with E-state index < -0.39 is 35.1 Å². The zero-order valence-electron chi connectivity index (χ0n) is 14.4. The molecule has 0 saturated heterocycles. The topological polar surface area (TPSA) is 85.3 Å². The minimum Gasteiger partial charge on any atom is -0.505 e. The maximum atomic E-state index is 14.0. The third-order valence-electron chi connectivity index (χ3n) is 4.55. The highest BCUT2D eigenvalue weighted by Crippen LogP contribution is 2.35. The number of nitrogens with zero attached hydrogens (tertiary/aromatic N) is 1. The van der Waals surface area contributed by atoms with Crippen LogP contribution < -0.4 is 5.73 Å². The maximum absolute atomic E-state index is 14.0. The first-order chi connectivity index (χ1) is 12.6.